The van der Waals surface area contributed by atoms with Crippen LogP contribution >= 0.6 is 27.3 Å². The summed E-state index contributed by atoms with van der Waals surface area (Å²) in [5, 5.41) is 5.79. The van der Waals surface area contributed by atoms with Crippen LogP contribution in [0.3, 0.4) is 0 Å². The number of hydrogen-bond acceptors (Lipinski definition) is 3. The van der Waals surface area contributed by atoms with Crippen LogP contribution < -0.4 is 11.1 Å². The van der Waals surface area contributed by atoms with Gasteiger partial charge in [-0.05, 0) is 45.6 Å². The molecule has 1 aromatic carbocycles. The van der Waals surface area contributed by atoms with Gasteiger partial charge in [-0.1, -0.05) is 0 Å². The zero-order valence-electron chi connectivity index (χ0n) is 10.4. The van der Waals surface area contributed by atoms with Crippen LogP contribution in [-0.4, -0.2) is 10.9 Å². The minimum atomic E-state index is -0.0960. The van der Waals surface area contributed by atoms with E-state index >= 15 is 0 Å². The molecule has 3 aromatic rings. The second-order valence-corrected chi connectivity index (χ2v) is 6.24. The number of nitrogens with one attached hydrogen (secondary N) is 2. The molecule has 4 N–H and O–H groups in total. The minimum absolute atomic E-state index is 0.0960. The summed E-state index contributed by atoms with van der Waals surface area (Å²) in [5.41, 5.74) is 7.90. The summed E-state index contributed by atoms with van der Waals surface area (Å²) in [6.45, 7) is 0.513. The molecule has 6 heteroatoms. The van der Waals surface area contributed by atoms with E-state index in [4.69, 9.17) is 5.73 Å². The Balaban J connectivity index is 1.81. The SMILES string of the molecule is Nc1ccc2c(C(=O)NCc3sccc3Br)c[nH]c2c1. The van der Waals surface area contributed by atoms with Crippen LogP contribution in [0.25, 0.3) is 10.9 Å². The van der Waals surface area contributed by atoms with Crippen molar-refractivity contribution in [2.45, 2.75) is 6.54 Å². The fourth-order valence-electron chi connectivity index (χ4n) is 2.04. The van der Waals surface area contributed by atoms with Crippen molar-refractivity contribution in [1.29, 1.82) is 0 Å². The smallest absolute Gasteiger partial charge is 0.253 e. The van der Waals surface area contributed by atoms with Crippen LogP contribution in [0.15, 0.2) is 40.3 Å². The fourth-order valence-corrected chi connectivity index (χ4v) is 3.47. The highest BCUT2D eigenvalue weighted by Gasteiger charge is 2.12. The van der Waals surface area contributed by atoms with E-state index in [1.165, 1.54) is 0 Å². The number of carbonyl (C=O) groups excluding carboxylic acids is 1. The predicted octanol–water partition coefficient (Wildman–Crippen LogP) is 3.50. The number of rotatable bonds is 3. The largest absolute Gasteiger partial charge is 0.399 e. The van der Waals surface area contributed by atoms with Gasteiger partial charge in [0.2, 0.25) is 0 Å². The quantitative estimate of drug-likeness (QED) is 0.633. The van der Waals surface area contributed by atoms with E-state index in [0.29, 0.717) is 17.8 Å². The maximum atomic E-state index is 12.2. The number of hydrogen-bond donors (Lipinski definition) is 3. The second-order valence-electron chi connectivity index (χ2n) is 4.38. The molecule has 0 spiro atoms. The first kappa shape index (κ1) is 13.2. The van der Waals surface area contributed by atoms with Crippen molar-refractivity contribution in [1.82, 2.24) is 10.3 Å². The number of aromatic amines is 1. The number of carbonyl (C=O) groups is 1. The van der Waals surface area contributed by atoms with Crippen LogP contribution in [0.5, 0.6) is 0 Å². The molecule has 0 saturated carbocycles. The average Bonchev–Trinajstić information content (AvgIpc) is 3.02. The molecule has 0 radical (unpaired) electrons. The normalized spacial score (nSPS) is 10.8. The minimum Gasteiger partial charge on any atom is -0.399 e. The highest BCUT2D eigenvalue weighted by molar-refractivity contribution is 9.10. The molecule has 20 heavy (non-hydrogen) atoms. The van der Waals surface area contributed by atoms with Crippen molar-refractivity contribution in [2.24, 2.45) is 0 Å². The van der Waals surface area contributed by atoms with Gasteiger partial charge in [-0.3, -0.25) is 4.79 Å². The van der Waals surface area contributed by atoms with Gasteiger partial charge < -0.3 is 16.0 Å². The molecule has 1 amide bonds. The Morgan fingerprint density at radius 2 is 2.25 bits per heavy atom. The Bertz CT molecular complexity index is 778. The van der Waals surface area contributed by atoms with Crippen LogP contribution in [0.1, 0.15) is 15.2 Å². The molecular formula is C14H12BrN3OS. The number of H-pyrrole nitrogens is 1. The highest BCUT2D eigenvalue weighted by atomic mass is 79.9. The molecule has 0 saturated heterocycles. The first-order chi connectivity index (χ1) is 9.65. The molecule has 2 aromatic heterocycles. The van der Waals surface area contributed by atoms with E-state index in [-0.39, 0.29) is 5.91 Å². The fraction of sp³-hybridized carbons (Fsp3) is 0.0714. The lowest BCUT2D eigenvalue weighted by Gasteiger charge is -2.03. The molecule has 0 unspecified atom stereocenters. The first-order valence-electron chi connectivity index (χ1n) is 6.02. The molecule has 0 atom stereocenters. The van der Waals surface area contributed by atoms with Crippen molar-refractivity contribution < 1.29 is 4.79 Å². The molecule has 102 valence electrons. The van der Waals surface area contributed by atoms with Crippen molar-refractivity contribution in [2.75, 3.05) is 5.73 Å². The molecular weight excluding hydrogens is 338 g/mol. The highest BCUT2D eigenvalue weighted by Crippen LogP contribution is 2.23. The van der Waals surface area contributed by atoms with Crippen LogP contribution in [0.4, 0.5) is 5.69 Å². The van der Waals surface area contributed by atoms with Crippen molar-refractivity contribution in [3.8, 4) is 0 Å². The topological polar surface area (TPSA) is 70.9 Å². The number of fused-ring (bicyclic) bond motifs is 1. The molecule has 0 aliphatic carbocycles. The van der Waals surface area contributed by atoms with Gasteiger partial charge in [0.25, 0.3) is 5.91 Å². The Hall–Kier alpha value is -1.79. The Kier molecular flexibility index (Phi) is 3.50. The number of amides is 1. The average molecular weight is 350 g/mol. The number of nitrogens with two attached hydrogens (primary N) is 1. The maximum Gasteiger partial charge on any atom is 0.253 e. The van der Waals surface area contributed by atoms with E-state index in [2.05, 4.69) is 26.2 Å². The third-order valence-corrected chi connectivity index (χ3v) is 4.98. The monoisotopic (exact) mass is 349 g/mol. The lowest BCUT2D eigenvalue weighted by Crippen LogP contribution is -2.22. The van der Waals surface area contributed by atoms with E-state index in [1.807, 2.05) is 23.6 Å². The molecule has 0 aliphatic heterocycles. The van der Waals surface area contributed by atoms with Crippen molar-refractivity contribution in [3.05, 3.63) is 50.8 Å². The summed E-state index contributed by atoms with van der Waals surface area (Å²) in [7, 11) is 0. The lowest BCUT2D eigenvalue weighted by molar-refractivity contribution is 0.0953. The van der Waals surface area contributed by atoms with Crippen molar-refractivity contribution in [3.63, 3.8) is 0 Å². The number of anilines is 1. The predicted molar refractivity (Wildman–Crippen MR) is 85.9 cm³/mol. The van der Waals surface area contributed by atoms with Gasteiger partial charge in [0.05, 0.1) is 12.1 Å². The molecule has 2 heterocycles. The molecule has 4 nitrogen and oxygen atoms in total. The zero-order chi connectivity index (χ0) is 14.1. The van der Waals surface area contributed by atoms with Gasteiger partial charge in [0.15, 0.2) is 0 Å². The molecule has 3 rings (SSSR count). The van der Waals surface area contributed by atoms with E-state index < -0.39 is 0 Å². The van der Waals surface area contributed by atoms with Crippen LogP contribution in [-0.2, 0) is 6.54 Å². The Morgan fingerprint density at radius 1 is 1.40 bits per heavy atom. The van der Waals surface area contributed by atoms with Crippen LogP contribution in [0.2, 0.25) is 0 Å². The summed E-state index contributed by atoms with van der Waals surface area (Å²) in [4.78, 5) is 16.4. The van der Waals surface area contributed by atoms with E-state index in [0.717, 1.165) is 20.3 Å². The standard InChI is InChI=1S/C14H12BrN3OS/c15-11-3-4-20-13(11)7-18-14(19)10-6-17-12-5-8(16)1-2-9(10)12/h1-6,17H,7,16H2,(H,18,19). The van der Waals surface area contributed by atoms with Gasteiger partial charge in [-0.2, -0.15) is 0 Å². The van der Waals surface area contributed by atoms with E-state index in [9.17, 15) is 4.79 Å². The number of benzene rings is 1. The maximum absolute atomic E-state index is 12.2. The van der Waals surface area contributed by atoms with Gasteiger partial charge in [-0.25, -0.2) is 0 Å². The number of aromatic nitrogens is 1. The third kappa shape index (κ3) is 2.44. The summed E-state index contributed by atoms with van der Waals surface area (Å²) < 4.78 is 1.02. The van der Waals surface area contributed by atoms with Gasteiger partial charge in [0, 0.05) is 32.1 Å². The first-order valence-corrected chi connectivity index (χ1v) is 7.69. The number of halogens is 1. The van der Waals surface area contributed by atoms with Gasteiger partial charge in [0.1, 0.15) is 0 Å². The van der Waals surface area contributed by atoms with Gasteiger partial charge >= 0.3 is 0 Å². The summed E-state index contributed by atoms with van der Waals surface area (Å²) in [5.74, 6) is -0.0960. The third-order valence-electron chi connectivity index (χ3n) is 3.05. The van der Waals surface area contributed by atoms with Crippen molar-refractivity contribution >= 4 is 49.8 Å². The Labute approximate surface area is 128 Å². The number of thiophene rings is 1. The molecule has 0 aliphatic rings. The van der Waals surface area contributed by atoms with E-state index in [1.54, 1.807) is 23.6 Å². The Morgan fingerprint density at radius 3 is 3.00 bits per heavy atom. The lowest BCUT2D eigenvalue weighted by atomic mass is 10.1. The summed E-state index contributed by atoms with van der Waals surface area (Å²) >= 11 is 5.06. The van der Waals surface area contributed by atoms with Crippen LogP contribution in [0, 0.1) is 0 Å². The van der Waals surface area contributed by atoms with Gasteiger partial charge in [-0.15, -0.1) is 11.3 Å². The number of nitrogen functional groups attached to an aromatic ring is 1. The molecule has 0 fully saturated rings. The zero-order valence-corrected chi connectivity index (χ0v) is 12.8. The molecule has 0 bridgehead atoms. The summed E-state index contributed by atoms with van der Waals surface area (Å²) in [6, 6.07) is 7.45. The second kappa shape index (κ2) is 5.30. The summed E-state index contributed by atoms with van der Waals surface area (Å²) in [6.07, 6.45) is 1.71.